The molecule has 1 unspecified atom stereocenters. The maximum absolute atomic E-state index is 12.4. The largest absolute Gasteiger partial charge is 0.347 e. The summed E-state index contributed by atoms with van der Waals surface area (Å²) in [5, 5.41) is 5.24. The molecule has 23 heavy (non-hydrogen) atoms. The fourth-order valence-corrected chi connectivity index (χ4v) is 2.29. The molecule has 1 rings (SSSR count). The lowest BCUT2D eigenvalue weighted by atomic mass is 9.99. The van der Waals surface area contributed by atoms with Crippen molar-refractivity contribution < 1.29 is 14.4 Å². The highest BCUT2D eigenvalue weighted by Gasteiger charge is 2.24. The van der Waals surface area contributed by atoms with Crippen LogP contribution in [0.15, 0.2) is 43.0 Å². The lowest BCUT2D eigenvalue weighted by Gasteiger charge is -2.22. The number of carbonyl (C=O) groups is 3. The Morgan fingerprint density at radius 3 is 2.35 bits per heavy atom. The number of ketones is 1. The van der Waals surface area contributed by atoms with Gasteiger partial charge in [-0.2, -0.15) is 0 Å². The van der Waals surface area contributed by atoms with Crippen molar-refractivity contribution in [3.8, 4) is 0 Å². The van der Waals surface area contributed by atoms with Crippen molar-refractivity contribution in [2.75, 3.05) is 0 Å². The van der Waals surface area contributed by atoms with E-state index in [9.17, 15) is 14.4 Å². The minimum Gasteiger partial charge on any atom is -0.347 e. The molecule has 0 aromatic heterocycles. The molecule has 124 valence electrons. The van der Waals surface area contributed by atoms with Crippen molar-refractivity contribution in [3.05, 3.63) is 48.6 Å². The van der Waals surface area contributed by atoms with Gasteiger partial charge in [-0.1, -0.05) is 50.8 Å². The maximum Gasteiger partial charge on any atom is 0.243 e. The van der Waals surface area contributed by atoms with Gasteiger partial charge in [0.05, 0.1) is 6.04 Å². The molecule has 1 aromatic carbocycles. The van der Waals surface area contributed by atoms with E-state index in [1.54, 1.807) is 0 Å². The first-order chi connectivity index (χ1) is 11.0. The molecule has 1 aromatic rings. The van der Waals surface area contributed by atoms with Crippen LogP contribution in [0.4, 0.5) is 0 Å². The standard InChI is InChI=1S/C18H24N2O3/c1-4-17(22)15(10-13(2)3)20-18(23)16(19-12-21)11-14-8-6-5-7-9-14/h4-9,12-13,15-16H,1,10-11H2,2-3H3,(H,19,21)(H,20,23)/t15?,16-/m0/s1. The molecule has 0 aliphatic heterocycles. The van der Waals surface area contributed by atoms with E-state index in [4.69, 9.17) is 0 Å². The Morgan fingerprint density at radius 2 is 1.83 bits per heavy atom. The second-order valence-corrected chi connectivity index (χ2v) is 5.82. The summed E-state index contributed by atoms with van der Waals surface area (Å²) in [6.45, 7) is 7.42. The van der Waals surface area contributed by atoms with Gasteiger partial charge in [0.1, 0.15) is 6.04 Å². The minimum absolute atomic E-state index is 0.225. The van der Waals surface area contributed by atoms with Crippen LogP contribution in [0.25, 0.3) is 0 Å². The molecule has 5 heteroatoms. The number of amides is 2. The number of nitrogens with one attached hydrogen (secondary N) is 2. The van der Waals surface area contributed by atoms with Crippen LogP contribution in [0.5, 0.6) is 0 Å². The third-order valence-corrected chi connectivity index (χ3v) is 3.44. The summed E-state index contributed by atoms with van der Waals surface area (Å²) >= 11 is 0. The lowest BCUT2D eigenvalue weighted by Crippen LogP contribution is -2.50. The molecule has 0 aliphatic carbocycles. The van der Waals surface area contributed by atoms with Crippen molar-refractivity contribution in [1.29, 1.82) is 0 Å². The molecule has 0 heterocycles. The molecule has 0 bridgehead atoms. The normalized spacial score (nSPS) is 13.0. The molecule has 2 atom stereocenters. The smallest absolute Gasteiger partial charge is 0.243 e. The quantitative estimate of drug-likeness (QED) is 0.509. The number of hydrogen-bond acceptors (Lipinski definition) is 3. The summed E-state index contributed by atoms with van der Waals surface area (Å²) in [6.07, 6.45) is 2.60. The summed E-state index contributed by atoms with van der Waals surface area (Å²) in [6, 6.07) is 8.05. The van der Waals surface area contributed by atoms with Crippen molar-refractivity contribution in [2.24, 2.45) is 5.92 Å². The highest BCUT2D eigenvalue weighted by atomic mass is 16.2. The third-order valence-electron chi connectivity index (χ3n) is 3.44. The van der Waals surface area contributed by atoms with Crippen LogP contribution in [-0.2, 0) is 20.8 Å². The predicted octanol–water partition coefficient (Wildman–Crippen LogP) is 1.63. The predicted molar refractivity (Wildman–Crippen MR) is 89.7 cm³/mol. The number of carbonyl (C=O) groups excluding carboxylic acids is 3. The average Bonchev–Trinajstić information content (AvgIpc) is 2.53. The highest BCUT2D eigenvalue weighted by molar-refractivity contribution is 5.97. The molecule has 0 spiro atoms. The van der Waals surface area contributed by atoms with Gasteiger partial charge < -0.3 is 10.6 Å². The van der Waals surface area contributed by atoms with Crippen LogP contribution in [0.2, 0.25) is 0 Å². The van der Waals surface area contributed by atoms with Gasteiger partial charge in [-0.25, -0.2) is 0 Å². The number of hydrogen-bond donors (Lipinski definition) is 2. The van der Waals surface area contributed by atoms with Gasteiger partial charge in [0.25, 0.3) is 0 Å². The van der Waals surface area contributed by atoms with Crippen LogP contribution in [0, 0.1) is 5.92 Å². The van der Waals surface area contributed by atoms with E-state index >= 15 is 0 Å². The fraction of sp³-hybridized carbons (Fsp3) is 0.389. The first-order valence-electron chi connectivity index (χ1n) is 7.68. The molecule has 0 aliphatic rings. The molecular formula is C18H24N2O3. The van der Waals surface area contributed by atoms with Gasteiger partial charge in [-0.15, -0.1) is 0 Å². The summed E-state index contributed by atoms with van der Waals surface area (Å²) < 4.78 is 0. The molecular weight excluding hydrogens is 292 g/mol. The second kappa shape index (κ2) is 9.56. The summed E-state index contributed by atoms with van der Waals surface area (Å²) in [4.78, 5) is 35.1. The van der Waals surface area contributed by atoms with Crippen LogP contribution in [-0.4, -0.2) is 30.2 Å². The monoisotopic (exact) mass is 316 g/mol. The Bertz CT molecular complexity index is 540. The molecule has 0 saturated carbocycles. The Kier molecular flexibility index (Phi) is 7.74. The van der Waals surface area contributed by atoms with Gasteiger partial charge in [-0.05, 0) is 24.0 Å². The average molecular weight is 316 g/mol. The lowest BCUT2D eigenvalue weighted by molar-refractivity contribution is -0.128. The third kappa shape index (κ3) is 6.46. The van der Waals surface area contributed by atoms with Gasteiger partial charge in [0.2, 0.25) is 12.3 Å². The van der Waals surface area contributed by atoms with Crippen molar-refractivity contribution in [3.63, 3.8) is 0 Å². The summed E-state index contributed by atoms with van der Waals surface area (Å²) in [5.41, 5.74) is 0.928. The van der Waals surface area contributed by atoms with Gasteiger partial charge in [-0.3, -0.25) is 14.4 Å². The van der Waals surface area contributed by atoms with E-state index in [2.05, 4.69) is 17.2 Å². The number of rotatable bonds is 10. The Hall–Kier alpha value is -2.43. The zero-order valence-corrected chi connectivity index (χ0v) is 13.6. The Morgan fingerprint density at radius 1 is 1.17 bits per heavy atom. The molecule has 2 N–H and O–H groups in total. The fourth-order valence-electron chi connectivity index (χ4n) is 2.29. The van der Waals surface area contributed by atoms with Gasteiger partial charge in [0, 0.05) is 6.42 Å². The van der Waals surface area contributed by atoms with Crippen LogP contribution >= 0.6 is 0 Å². The molecule has 0 fully saturated rings. The number of benzene rings is 1. The van der Waals surface area contributed by atoms with E-state index in [0.717, 1.165) is 5.56 Å². The Balaban J connectivity index is 2.80. The summed E-state index contributed by atoms with van der Waals surface area (Å²) in [7, 11) is 0. The molecule has 0 radical (unpaired) electrons. The first-order valence-corrected chi connectivity index (χ1v) is 7.68. The zero-order chi connectivity index (χ0) is 17.2. The van der Waals surface area contributed by atoms with Gasteiger partial charge in [0.15, 0.2) is 5.78 Å². The molecule has 0 saturated heterocycles. The van der Waals surface area contributed by atoms with E-state index in [-0.39, 0.29) is 17.6 Å². The van der Waals surface area contributed by atoms with Gasteiger partial charge >= 0.3 is 0 Å². The second-order valence-electron chi connectivity index (χ2n) is 5.82. The van der Waals surface area contributed by atoms with Crippen molar-refractivity contribution >= 4 is 18.1 Å². The van der Waals surface area contributed by atoms with Crippen LogP contribution < -0.4 is 10.6 Å². The van der Waals surface area contributed by atoms with Crippen molar-refractivity contribution in [2.45, 2.75) is 38.8 Å². The van der Waals surface area contributed by atoms with E-state index in [1.807, 2.05) is 44.2 Å². The SMILES string of the molecule is C=CC(=O)C(CC(C)C)NC(=O)[C@H](Cc1ccccc1)NC=O. The Labute approximate surface area is 137 Å². The summed E-state index contributed by atoms with van der Waals surface area (Å²) in [5.74, 6) is -0.353. The van der Waals surface area contributed by atoms with E-state index < -0.39 is 12.1 Å². The highest BCUT2D eigenvalue weighted by Crippen LogP contribution is 2.08. The van der Waals surface area contributed by atoms with E-state index in [0.29, 0.717) is 19.3 Å². The molecule has 2 amide bonds. The molecule has 5 nitrogen and oxygen atoms in total. The minimum atomic E-state index is -0.720. The first kappa shape index (κ1) is 18.6. The topological polar surface area (TPSA) is 75.3 Å². The zero-order valence-electron chi connectivity index (χ0n) is 13.6. The van der Waals surface area contributed by atoms with Crippen LogP contribution in [0.3, 0.4) is 0 Å². The van der Waals surface area contributed by atoms with Crippen molar-refractivity contribution in [1.82, 2.24) is 10.6 Å². The van der Waals surface area contributed by atoms with Crippen LogP contribution in [0.1, 0.15) is 25.8 Å². The van der Waals surface area contributed by atoms with E-state index in [1.165, 1.54) is 6.08 Å². The maximum atomic E-state index is 12.4.